The Kier molecular flexibility index (Phi) is 4.32. The summed E-state index contributed by atoms with van der Waals surface area (Å²) in [5, 5.41) is 8.66. The SMILES string of the molecule is C=CCC[N+](C)(C)CCO. The zero-order chi connectivity index (χ0) is 8.04. The zero-order valence-corrected chi connectivity index (χ0v) is 7.01. The molecule has 0 aromatic rings. The van der Waals surface area contributed by atoms with Crippen molar-refractivity contribution in [2.45, 2.75) is 6.42 Å². The van der Waals surface area contributed by atoms with Crippen molar-refractivity contribution in [1.82, 2.24) is 0 Å². The lowest BCUT2D eigenvalue weighted by Crippen LogP contribution is -2.42. The van der Waals surface area contributed by atoms with E-state index >= 15 is 0 Å². The third-order valence-electron chi connectivity index (χ3n) is 1.64. The molecule has 0 amide bonds. The van der Waals surface area contributed by atoms with Gasteiger partial charge in [0.2, 0.25) is 0 Å². The van der Waals surface area contributed by atoms with Gasteiger partial charge in [-0.2, -0.15) is 0 Å². The minimum Gasteiger partial charge on any atom is -0.391 e. The van der Waals surface area contributed by atoms with E-state index in [1.54, 1.807) is 0 Å². The van der Waals surface area contributed by atoms with E-state index in [4.69, 9.17) is 5.11 Å². The summed E-state index contributed by atoms with van der Waals surface area (Å²) in [4.78, 5) is 0. The number of nitrogens with zero attached hydrogens (tertiary/aromatic N) is 1. The highest BCUT2D eigenvalue weighted by molar-refractivity contribution is 4.64. The summed E-state index contributed by atoms with van der Waals surface area (Å²) in [5.74, 6) is 0. The molecule has 0 radical (unpaired) electrons. The number of rotatable bonds is 5. The molecule has 0 bridgehead atoms. The van der Waals surface area contributed by atoms with Gasteiger partial charge in [-0.1, -0.05) is 6.08 Å². The molecule has 0 fully saturated rings. The molecule has 0 unspecified atom stereocenters. The molecule has 60 valence electrons. The molecule has 0 rings (SSSR count). The predicted molar refractivity (Wildman–Crippen MR) is 43.7 cm³/mol. The summed E-state index contributed by atoms with van der Waals surface area (Å²) in [6.45, 7) is 5.81. The van der Waals surface area contributed by atoms with E-state index in [1.165, 1.54) is 0 Å². The first-order valence-corrected chi connectivity index (χ1v) is 3.66. The number of quaternary nitrogens is 1. The molecule has 0 saturated carbocycles. The molecule has 2 nitrogen and oxygen atoms in total. The van der Waals surface area contributed by atoms with E-state index in [9.17, 15) is 0 Å². The first-order chi connectivity index (χ1) is 4.62. The van der Waals surface area contributed by atoms with Crippen LogP contribution in [0.25, 0.3) is 0 Å². The first kappa shape index (κ1) is 9.66. The molecule has 0 aliphatic rings. The minimum absolute atomic E-state index is 0.268. The summed E-state index contributed by atoms with van der Waals surface area (Å²) in [7, 11) is 4.22. The first-order valence-electron chi connectivity index (χ1n) is 3.66. The molecule has 0 heterocycles. The van der Waals surface area contributed by atoms with Gasteiger partial charge in [-0.25, -0.2) is 0 Å². The van der Waals surface area contributed by atoms with Gasteiger partial charge in [0.15, 0.2) is 0 Å². The van der Waals surface area contributed by atoms with Crippen LogP contribution >= 0.6 is 0 Å². The standard InChI is InChI=1S/C8H18NO/c1-4-5-6-9(2,3)7-8-10/h4,10H,1,5-8H2,2-3H3/q+1. The van der Waals surface area contributed by atoms with Crippen LogP contribution in [0.2, 0.25) is 0 Å². The van der Waals surface area contributed by atoms with Crippen LogP contribution in [0, 0.1) is 0 Å². The maximum absolute atomic E-state index is 8.66. The molecule has 1 N–H and O–H groups in total. The number of hydrogen-bond donors (Lipinski definition) is 1. The van der Waals surface area contributed by atoms with Crippen LogP contribution in [0.4, 0.5) is 0 Å². The summed E-state index contributed by atoms with van der Waals surface area (Å²) in [6, 6.07) is 0. The van der Waals surface area contributed by atoms with Crippen molar-refractivity contribution < 1.29 is 9.59 Å². The molecule has 0 aromatic carbocycles. The third-order valence-corrected chi connectivity index (χ3v) is 1.64. The van der Waals surface area contributed by atoms with Gasteiger partial charge < -0.3 is 9.59 Å². The summed E-state index contributed by atoms with van der Waals surface area (Å²) in [6.07, 6.45) is 2.93. The summed E-state index contributed by atoms with van der Waals surface area (Å²) >= 11 is 0. The van der Waals surface area contributed by atoms with Gasteiger partial charge in [-0.15, -0.1) is 6.58 Å². The van der Waals surface area contributed by atoms with Crippen molar-refractivity contribution in [3.8, 4) is 0 Å². The van der Waals surface area contributed by atoms with Crippen LogP contribution in [-0.4, -0.2) is 43.4 Å². The number of likely N-dealkylation sites (N-methyl/N-ethyl adjacent to an activating group) is 1. The highest BCUT2D eigenvalue weighted by atomic mass is 16.3. The fourth-order valence-corrected chi connectivity index (χ4v) is 0.823. The molecule has 0 aliphatic carbocycles. The van der Waals surface area contributed by atoms with E-state index in [2.05, 4.69) is 20.7 Å². The Balaban J connectivity index is 3.51. The largest absolute Gasteiger partial charge is 0.391 e. The topological polar surface area (TPSA) is 20.2 Å². The Bertz CT molecular complexity index is 99.4. The number of aliphatic hydroxyl groups is 1. The van der Waals surface area contributed by atoms with Gasteiger partial charge in [0.1, 0.15) is 6.54 Å². The van der Waals surface area contributed by atoms with Gasteiger partial charge in [0.05, 0.1) is 27.2 Å². The van der Waals surface area contributed by atoms with Gasteiger partial charge >= 0.3 is 0 Å². The predicted octanol–water partition coefficient (Wildman–Crippen LogP) is 0.631. The van der Waals surface area contributed by atoms with E-state index in [0.29, 0.717) is 0 Å². The Hall–Kier alpha value is -0.340. The van der Waals surface area contributed by atoms with Gasteiger partial charge in [0, 0.05) is 6.42 Å². The summed E-state index contributed by atoms with van der Waals surface area (Å²) in [5.41, 5.74) is 0. The quantitative estimate of drug-likeness (QED) is 0.443. The second-order valence-corrected chi connectivity index (χ2v) is 3.18. The smallest absolute Gasteiger partial charge is 0.102 e. The second kappa shape index (κ2) is 4.47. The summed E-state index contributed by atoms with van der Waals surface area (Å²) < 4.78 is 0.878. The fraction of sp³-hybridized carbons (Fsp3) is 0.750. The molecule has 0 aliphatic heterocycles. The fourth-order valence-electron chi connectivity index (χ4n) is 0.823. The van der Waals surface area contributed by atoms with Crippen LogP contribution in [0.1, 0.15) is 6.42 Å². The van der Waals surface area contributed by atoms with Crippen LogP contribution < -0.4 is 0 Å². The maximum Gasteiger partial charge on any atom is 0.102 e. The van der Waals surface area contributed by atoms with Gasteiger partial charge in [-0.3, -0.25) is 0 Å². The highest BCUT2D eigenvalue weighted by Crippen LogP contribution is 1.97. The average molecular weight is 144 g/mol. The lowest BCUT2D eigenvalue weighted by molar-refractivity contribution is -0.890. The Morgan fingerprint density at radius 2 is 2.00 bits per heavy atom. The van der Waals surface area contributed by atoms with E-state index in [-0.39, 0.29) is 6.61 Å². The Morgan fingerprint density at radius 1 is 1.40 bits per heavy atom. The van der Waals surface area contributed by atoms with E-state index < -0.39 is 0 Å². The van der Waals surface area contributed by atoms with Crippen molar-refractivity contribution in [2.75, 3.05) is 33.8 Å². The van der Waals surface area contributed by atoms with Crippen LogP contribution in [-0.2, 0) is 0 Å². The maximum atomic E-state index is 8.66. The molecular formula is C8H18NO+. The van der Waals surface area contributed by atoms with Crippen molar-refractivity contribution in [3.05, 3.63) is 12.7 Å². The third kappa shape index (κ3) is 4.53. The monoisotopic (exact) mass is 144 g/mol. The molecule has 0 atom stereocenters. The number of aliphatic hydroxyl groups excluding tert-OH is 1. The molecule has 0 aromatic heterocycles. The van der Waals surface area contributed by atoms with Crippen LogP contribution in [0.5, 0.6) is 0 Å². The molecule has 0 saturated heterocycles. The average Bonchev–Trinajstić information content (AvgIpc) is 1.84. The normalized spacial score (nSPS) is 11.5. The van der Waals surface area contributed by atoms with Crippen LogP contribution in [0.15, 0.2) is 12.7 Å². The minimum atomic E-state index is 0.268. The second-order valence-electron chi connectivity index (χ2n) is 3.18. The Morgan fingerprint density at radius 3 is 2.40 bits per heavy atom. The zero-order valence-electron chi connectivity index (χ0n) is 7.01. The Labute approximate surface area is 63.4 Å². The molecule has 0 spiro atoms. The van der Waals surface area contributed by atoms with Crippen molar-refractivity contribution in [2.24, 2.45) is 0 Å². The molecule has 2 heteroatoms. The van der Waals surface area contributed by atoms with Gasteiger partial charge in [-0.05, 0) is 0 Å². The van der Waals surface area contributed by atoms with Crippen molar-refractivity contribution >= 4 is 0 Å². The lowest BCUT2D eigenvalue weighted by atomic mass is 10.3. The number of hydrogen-bond acceptors (Lipinski definition) is 1. The van der Waals surface area contributed by atoms with Crippen molar-refractivity contribution in [3.63, 3.8) is 0 Å². The lowest BCUT2D eigenvalue weighted by Gasteiger charge is -2.28. The molecular weight excluding hydrogens is 126 g/mol. The molecule has 10 heavy (non-hydrogen) atoms. The highest BCUT2D eigenvalue weighted by Gasteiger charge is 2.11. The van der Waals surface area contributed by atoms with E-state index in [1.807, 2.05) is 6.08 Å². The van der Waals surface area contributed by atoms with E-state index in [0.717, 1.165) is 24.0 Å². The van der Waals surface area contributed by atoms with Gasteiger partial charge in [0.25, 0.3) is 0 Å². The van der Waals surface area contributed by atoms with Crippen LogP contribution in [0.3, 0.4) is 0 Å². The van der Waals surface area contributed by atoms with Crippen molar-refractivity contribution in [1.29, 1.82) is 0 Å².